The van der Waals surface area contributed by atoms with Gasteiger partial charge in [0.1, 0.15) is 0 Å². The highest BCUT2D eigenvalue weighted by molar-refractivity contribution is 6.17. The molecule has 0 atom stereocenters. The number of hydrogen-bond donors (Lipinski definition) is 0. The Labute approximate surface area is 94.8 Å². The average molecular weight is 224 g/mol. The lowest BCUT2D eigenvalue weighted by molar-refractivity contribution is -0.119. The molecule has 0 aromatic heterocycles. The van der Waals surface area contributed by atoms with Crippen LogP contribution in [0.5, 0.6) is 0 Å². The zero-order valence-corrected chi connectivity index (χ0v) is 9.33. The number of rotatable bonds is 2. The van der Waals surface area contributed by atoms with Crippen LogP contribution in [0, 0.1) is 0 Å². The fourth-order valence-corrected chi connectivity index (χ4v) is 2.02. The van der Waals surface area contributed by atoms with Crippen LogP contribution in [-0.2, 0) is 10.7 Å². The van der Waals surface area contributed by atoms with Gasteiger partial charge in [-0.15, -0.1) is 11.6 Å². The van der Waals surface area contributed by atoms with E-state index in [1.807, 2.05) is 29.2 Å². The molecule has 0 bridgehead atoms. The predicted octanol–water partition coefficient (Wildman–Crippen LogP) is 2.94. The van der Waals surface area contributed by atoms with Crippen LogP contribution in [0.4, 0.5) is 5.69 Å². The number of anilines is 1. The van der Waals surface area contributed by atoms with Crippen LogP contribution in [-0.4, -0.2) is 12.5 Å². The van der Waals surface area contributed by atoms with Crippen molar-refractivity contribution < 1.29 is 4.79 Å². The summed E-state index contributed by atoms with van der Waals surface area (Å²) in [4.78, 5) is 13.5. The van der Waals surface area contributed by atoms with Gasteiger partial charge in [0.15, 0.2) is 0 Å². The molecule has 1 saturated heterocycles. The molecule has 0 saturated carbocycles. The summed E-state index contributed by atoms with van der Waals surface area (Å²) in [5.41, 5.74) is 2.08. The number of carbonyl (C=O) groups is 1. The van der Waals surface area contributed by atoms with Gasteiger partial charge >= 0.3 is 0 Å². The second-order valence-corrected chi connectivity index (χ2v) is 4.07. The number of nitrogens with zero attached hydrogens (tertiary/aromatic N) is 1. The van der Waals surface area contributed by atoms with Crippen LogP contribution in [0.15, 0.2) is 24.3 Å². The monoisotopic (exact) mass is 223 g/mol. The summed E-state index contributed by atoms with van der Waals surface area (Å²) in [5, 5.41) is 0. The Bertz CT molecular complexity index is 347. The van der Waals surface area contributed by atoms with E-state index in [0.717, 1.165) is 30.6 Å². The number of halogens is 1. The molecule has 1 aromatic carbocycles. The highest BCUT2D eigenvalue weighted by Gasteiger charge is 2.18. The molecule has 0 unspecified atom stereocenters. The maximum absolute atomic E-state index is 11.6. The second kappa shape index (κ2) is 4.67. The third kappa shape index (κ3) is 2.32. The topological polar surface area (TPSA) is 20.3 Å². The lowest BCUT2D eigenvalue weighted by Gasteiger charge is -2.26. The van der Waals surface area contributed by atoms with Crippen molar-refractivity contribution in [1.82, 2.24) is 0 Å². The molecule has 80 valence electrons. The Morgan fingerprint density at radius 1 is 1.20 bits per heavy atom. The van der Waals surface area contributed by atoms with Gasteiger partial charge in [-0.2, -0.15) is 0 Å². The second-order valence-electron chi connectivity index (χ2n) is 3.80. The Hall–Kier alpha value is -1.02. The van der Waals surface area contributed by atoms with Gasteiger partial charge in [0, 0.05) is 24.5 Å². The number of hydrogen-bond acceptors (Lipinski definition) is 1. The van der Waals surface area contributed by atoms with Crippen molar-refractivity contribution in [2.45, 2.75) is 25.1 Å². The van der Waals surface area contributed by atoms with E-state index in [0.29, 0.717) is 12.3 Å². The van der Waals surface area contributed by atoms with Crippen molar-refractivity contribution in [3.8, 4) is 0 Å². The number of amides is 1. The van der Waals surface area contributed by atoms with Crippen molar-refractivity contribution in [3.05, 3.63) is 29.8 Å². The Kier molecular flexibility index (Phi) is 3.27. The van der Waals surface area contributed by atoms with Gasteiger partial charge < -0.3 is 4.90 Å². The number of alkyl halides is 1. The van der Waals surface area contributed by atoms with Gasteiger partial charge in [-0.05, 0) is 30.5 Å². The van der Waals surface area contributed by atoms with E-state index in [1.54, 1.807) is 0 Å². The predicted molar refractivity (Wildman–Crippen MR) is 62.2 cm³/mol. The van der Waals surface area contributed by atoms with E-state index in [4.69, 9.17) is 11.6 Å². The SMILES string of the molecule is O=C1CCCCN1c1ccc(CCl)cc1. The van der Waals surface area contributed by atoms with Gasteiger partial charge in [-0.25, -0.2) is 0 Å². The first-order valence-corrected chi connectivity index (χ1v) is 5.80. The fourth-order valence-electron chi connectivity index (χ4n) is 1.84. The minimum absolute atomic E-state index is 0.236. The molecular weight excluding hydrogens is 210 g/mol. The Morgan fingerprint density at radius 3 is 2.53 bits per heavy atom. The molecule has 1 amide bonds. The summed E-state index contributed by atoms with van der Waals surface area (Å²) in [5.74, 6) is 0.758. The third-order valence-electron chi connectivity index (χ3n) is 2.73. The van der Waals surface area contributed by atoms with E-state index in [1.165, 1.54) is 0 Å². The highest BCUT2D eigenvalue weighted by Crippen LogP contribution is 2.21. The average Bonchev–Trinajstić information content (AvgIpc) is 2.30. The van der Waals surface area contributed by atoms with Crippen LogP contribution in [0.1, 0.15) is 24.8 Å². The van der Waals surface area contributed by atoms with Crippen molar-refractivity contribution in [2.75, 3.05) is 11.4 Å². The lowest BCUT2D eigenvalue weighted by Crippen LogP contribution is -2.35. The van der Waals surface area contributed by atoms with E-state index >= 15 is 0 Å². The maximum atomic E-state index is 11.6. The Morgan fingerprint density at radius 2 is 1.93 bits per heavy atom. The fraction of sp³-hybridized carbons (Fsp3) is 0.417. The summed E-state index contributed by atoms with van der Waals surface area (Å²) < 4.78 is 0. The van der Waals surface area contributed by atoms with E-state index < -0.39 is 0 Å². The molecule has 1 fully saturated rings. The quantitative estimate of drug-likeness (QED) is 0.706. The summed E-state index contributed by atoms with van der Waals surface area (Å²) in [6, 6.07) is 7.90. The summed E-state index contributed by atoms with van der Waals surface area (Å²) >= 11 is 5.71. The zero-order valence-electron chi connectivity index (χ0n) is 8.58. The molecule has 0 spiro atoms. The minimum atomic E-state index is 0.236. The van der Waals surface area contributed by atoms with E-state index in [2.05, 4.69) is 0 Å². The molecule has 1 aliphatic rings. The number of benzene rings is 1. The third-order valence-corrected chi connectivity index (χ3v) is 3.03. The normalized spacial score (nSPS) is 16.9. The zero-order chi connectivity index (χ0) is 10.7. The molecule has 0 aliphatic carbocycles. The van der Waals surface area contributed by atoms with Crippen molar-refractivity contribution >= 4 is 23.2 Å². The van der Waals surface area contributed by atoms with Gasteiger partial charge in [0.25, 0.3) is 0 Å². The van der Waals surface area contributed by atoms with Gasteiger partial charge in [-0.1, -0.05) is 12.1 Å². The minimum Gasteiger partial charge on any atom is -0.312 e. The molecule has 2 nitrogen and oxygen atoms in total. The first-order valence-electron chi connectivity index (χ1n) is 5.26. The molecule has 1 aromatic rings. The molecular formula is C12H14ClNO. The van der Waals surface area contributed by atoms with Crippen LogP contribution in [0.2, 0.25) is 0 Å². The van der Waals surface area contributed by atoms with Crippen LogP contribution in [0.3, 0.4) is 0 Å². The van der Waals surface area contributed by atoms with Gasteiger partial charge in [0.05, 0.1) is 0 Å². The van der Waals surface area contributed by atoms with Crippen LogP contribution >= 0.6 is 11.6 Å². The maximum Gasteiger partial charge on any atom is 0.226 e. The van der Waals surface area contributed by atoms with E-state index in [9.17, 15) is 4.79 Å². The molecule has 0 radical (unpaired) electrons. The van der Waals surface area contributed by atoms with Gasteiger partial charge in [0.2, 0.25) is 5.91 Å². The number of carbonyl (C=O) groups excluding carboxylic acids is 1. The summed E-state index contributed by atoms with van der Waals surface area (Å²) in [7, 11) is 0. The van der Waals surface area contributed by atoms with Crippen molar-refractivity contribution in [1.29, 1.82) is 0 Å². The molecule has 15 heavy (non-hydrogen) atoms. The van der Waals surface area contributed by atoms with Gasteiger partial charge in [-0.3, -0.25) is 4.79 Å². The largest absolute Gasteiger partial charge is 0.312 e. The first kappa shape index (κ1) is 10.5. The molecule has 0 N–H and O–H groups in total. The molecule has 1 aliphatic heterocycles. The first-order chi connectivity index (χ1) is 7.31. The van der Waals surface area contributed by atoms with Crippen molar-refractivity contribution in [2.24, 2.45) is 0 Å². The summed E-state index contributed by atoms with van der Waals surface area (Å²) in [6.07, 6.45) is 2.80. The molecule has 3 heteroatoms. The van der Waals surface area contributed by atoms with Crippen LogP contribution in [0.25, 0.3) is 0 Å². The van der Waals surface area contributed by atoms with Crippen molar-refractivity contribution in [3.63, 3.8) is 0 Å². The number of piperidine rings is 1. The summed E-state index contributed by atoms with van der Waals surface area (Å²) in [6.45, 7) is 0.846. The highest BCUT2D eigenvalue weighted by atomic mass is 35.5. The van der Waals surface area contributed by atoms with E-state index in [-0.39, 0.29) is 5.91 Å². The molecule has 2 rings (SSSR count). The lowest BCUT2D eigenvalue weighted by atomic mass is 10.1. The molecule has 1 heterocycles. The smallest absolute Gasteiger partial charge is 0.226 e. The Balaban J connectivity index is 2.17. The standard InChI is InChI=1S/C12H14ClNO/c13-9-10-4-6-11(7-5-10)14-8-2-1-3-12(14)15/h4-7H,1-3,8-9H2. The van der Waals surface area contributed by atoms with Crippen LogP contribution < -0.4 is 4.90 Å².